The number of anilines is 1. The van der Waals surface area contributed by atoms with E-state index in [0.29, 0.717) is 0 Å². The lowest BCUT2D eigenvalue weighted by atomic mass is 9.88. The number of hydrogen-bond donors (Lipinski definition) is 1. The Morgan fingerprint density at radius 3 is 2.35 bits per heavy atom. The van der Waals surface area contributed by atoms with Crippen molar-refractivity contribution in [3.8, 4) is 0 Å². The fourth-order valence-corrected chi connectivity index (χ4v) is 2.91. The summed E-state index contributed by atoms with van der Waals surface area (Å²) >= 11 is 3.32. The Balaban J connectivity index is 1.98. The maximum Gasteiger partial charge on any atom is 0.416 e. The fraction of sp³-hybridized carbons (Fsp3) is 0.188. The van der Waals surface area contributed by atoms with Gasteiger partial charge in [-0.25, -0.2) is 0 Å². The van der Waals surface area contributed by atoms with Crippen molar-refractivity contribution < 1.29 is 18.0 Å². The van der Waals surface area contributed by atoms with Crippen molar-refractivity contribution in [2.24, 2.45) is 5.73 Å². The van der Waals surface area contributed by atoms with Crippen LogP contribution in [0.25, 0.3) is 0 Å². The molecule has 2 aromatic rings. The number of nitrogens with two attached hydrogens (primary N) is 1. The summed E-state index contributed by atoms with van der Waals surface area (Å²) in [6, 6.07) is 10.7. The maximum atomic E-state index is 12.9. The van der Waals surface area contributed by atoms with E-state index in [1.165, 1.54) is 17.0 Å². The Morgan fingerprint density at radius 2 is 1.74 bits per heavy atom. The largest absolute Gasteiger partial charge is 0.416 e. The molecule has 2 N–H and O–H groups in total. The standard InChI is InChI=1S/C16H12BrF3N2O/c17-11-6-4-9(5-7-11)14-13(21)15(23)22(14)12-3-1-2-10(8-12)16(18,19)20/h1-8,13-14H,21H2/t13-,14+/m0/s1. The van der Waals surface area contributed by atoms with Crippen LogP contribution in [-0.2, 0) is 11.0 Å². The highest BCUT2D eigenvalue weighted by molar-refractivity contribution is 9.10. The third kappa shape index (κ3) is 2.86. The molecule has 0 spiro atoms. The average molecular weight is 385 g/mol. The molecule has 120 valence electrons. The third-order valence-electron chi connectivity index (χ3n) is 3.80. The average Bonchev–Trinajstić information content (AvgIpc) is 2.52. The fourth-order valence-electron chi connectivity index (χ4n) is 2.65. The first-order chi connectivity index (χ1) is 10.8. The van der Waals surface area contributed by atoms with Crippen LogP contribution in [0.5, 0.6) is 0 Å². The van der Waals surface area contributed by atoms with E-state index in [1.807, 2.05) is 0 Å². The van der Waals surface area contributed by atoms with Gasteiger partial charge in [0.2, 0.25) is 5.91 Å². The van der Waals surface area contributed by atoms with Gasteiger partial charge >= 0.3 is 6.18 Å². The Hall–Kier alpha value is -1.86. The van der Waals surface area contributed by atoms with Crippen LogP contribution in [-0.4, -0.2) is 11.9 Å². The van der Waals surface area contributed by atoms with Gasteiger partial charge in [0.1, 0.15) is 6.04 Å². The molecule has 2 aromatic carbocycles. The molecule has 0 aromatic heterocycles. The number of β-lactam (4-membered cyclic amide) rings is 1. The number of nitrogens with zero attached hydrogens (tertiary/aromatic N) is 1. The smallest absolute Gasteiger partial charge is 0.318 e. The van der Waals surface area contributed by atoms with E-state index >= 15 is 0 Å². The van der Waals surface area contributed by atoms with E-state index in [2.05, 4.69) is 15.9 Å². The number of rotatable bonds is 2. The third-order valence-corrected chi connectivity index (χ3v) is 4.33. The molecule has 0 aliphatic carbocycles. The quantitative estimate of drug-likeness (QED) is 0.798. The van der Waals surface area contributed by atoms with E-state index < -0.39 is 29.7 Å². The van der Waals surface area contributed by atoms with Crippen LogP contribution in [0.4, 0.5) is 18.9 Å². The predicted octanol–water partition coefficient (Wildman–Crippen LogP) is 3.88. The van der Waals surface area contributed by atoms with Crippen LogP contribution in [0, 0.1) is 0 Å². The second kappa shape index (κ2) is 5.65. The van der Waals surface area contributed by atoms with Crippen LogP contribution in [0.15, 0.2) is 53.0 Å². The van der Waals surface area contributed by atoms with E-state index in [4.69, 9.17) is 5.73 Å². The Bertz CT molecular complexity index is 746. The van der Waals surface area contributed by atoms with Crippen molar-refractivity contribution >= 4 is 27.5 Å². The molecule has 3 nitrogen and oxygen atoms in total. The molecule has 0 radical (unpaired) electrons. The molecule has 1 saturated heterocycles. The summed E-state index contributed by atoms with van der Waals surface area (Å²) in [6.45, 7) is 0. The molecule has 0 bridgehead atoms. The van der Waals surface area contributed by atoms with Crippen molar-refractivity contribution in [2.45, 2.75) is 18.3 Å². The molecule has 23 heavy (non-hydrogen) atoms. The number of carbonyl (C=O) groups excluding carboxylic acids is 1. The predicted molar refractivity (Wildman–Crippen MR) is 83.8 cm³/mol. The Labute approximate surface area is 139 Å². The van der Waals surface area contributed by atoms with Gasteiger partial charge in [0.05, 0.1) is 11.6 Å². The lowest BCUT2D eigenvalue weighted by molar-refractivity contribution is -0.137. The summed E-state index contributed by atoms with van der Waals surface area (Å²) in [5.74, 6) is -0.391. The SMILES string of the molecule is N[C@@H]1C(=O)N(c2cccc(C(F)(F)F)c2)[C@@H]1c1ccc(Br)cc1. The molecule has 1 fully saturated rings. The zero-order chi connectivity index (χ0) is 16.8. The zero-order valence-corrected chi connectivity index (χ0v) is 13.3. The summed E-state index contributed by atoms with van der Waals surface area (Å²) in [5.41, 5.74) is 6.04. The molecular formula is C16H12BrF3N2O. The monoisotopic (exact) mass is 384 g/mol. The number of amides is 1. The van der Waals surface area contributed by atoms with Gasteiger partial charge in [-0.05, 0) is 35.9 Å². The van der Waals surface area contributed by atoms with Crippen molar-refractivity contribution in [1.82, 2.24) is 0 Å². The van der Waals surface area contributed by atoms with Gasteiger partial charge in [-0.2, -0.15) is 13.2 Å². The molecule has 0 saturated carbocycles. The lowest BCUT2D eigenvalue weighted by Crippen LogP contribution is -2.63. The minimum Gasteiger partial charge on any atom is -0.318 e. The van der Waals surface area contributed by atoms with Crippen LogP contribution in [0.1, 0.15) is 17.2 Å². The van der Waals surface area contributed by atoms with Gasteiger partial charge in [-0.1, -0.05) is 34.1 Å². The first-order valence-corrected chi connectivity index (χ1v) is 7.60. The molecule has 1 heterocycles. The van der Waals surface area contributed by atoms with Gasteiger partial charge in [0, 0.05) is 10.2 Å². The topological polar surface area (TPSA) is 46.3 Å². The number of alkyl halides is 3. The van der Waals surface area contributed by atoms with Gasteiger partial charge in [0.25, 0.3) is 0 Å². The van der Waals surface area contributed by atoms with Crippen LogP contribution in [0.2, 0.25) is 0 Å². The van der Waals surface area contributed by atoms with Crippen molar-refractivity contribution in [3.05, 3.63) is 64.1 Å². The number of carbonyl (C=O) groups is 1. The van der Waals surface area contributed by atoms with Crippen LogP contribution < -0.4 is 10.6 Å². The van der Waals surface area contributed by atoms with Crippen LogP contribution in [0.3, 0.4) is 0 Å². The molecule has 2 atom stereocenters. The Morgan fingerprint density at radius 1 is 1.09 bits per heavy atom. The first-order valence-electron chi connectivity index (χ1n) is 6.80. The van der Waals surface area contributed by atoms with E-state index in [1.54, 1.807) is 24.3 Å². The first kappa shape index (κ1) is 16.0. The van der Waals surface area contributed by atoms with E-state index in [-0.39, 0.29) is 5.69 Å². The number of hydrogen-bond acceptors (Lipinski definition) is 2. The summed E-state index contributed by atoms with van der Waals surface area (Å²) in [6.07, 6.45) is -4.46. The number of halogens is 4. The second-order valence-corrected chi connectivity index (χ2v) is 6.19. The second-order valence-electron chi connectivity index (χ2n) is 5.28. The molecule has 1 aliphatic rings. The summed E-state index contributed by atoms with van der Waals surface area (Å²) < 4.78 is 39.4. The lowest BCUT2D eigenvalue weighted by Gasteiger charge is -2.45. The zero-order valence-electron chi connectivity index (χ0n) is 11.7. The molecule has 1 aliphatic heterocycles. The molecule has 3 rings (SSSR count). The molecular weight excluding hydrogens is 373 g/mol. The van der Waals surface area contributed by atoms with Gasteiger partial charge < -0.3 is 10.6 Å². The highest BCUT2D eigenvalue weighted by Gasteiger charge is 2.47. The summed E-state index contributed by atoms with van der Waals surface area (Å²) in [4.78, 5) is 13.4. The number of benzene rings is 2. The highest BCUT2D eigenvalue weighted by atomic mass is 79.9. The van der Waals surface area contributed by atoms with Crippen molar-refractivity contribution in [3.63, 3.8) is 0 Å². The maximum absolute atomic E-state index is 12.9. The Kier molecular flexibility index (Phi) is 3.93. The highest BCUT2D eigenvalue weighted by Crippen LogP contribution is 2.40. The van der Waals surface area contributed by atoms with Gasteiger partial charge in [-0.15, -0.1) is 0 Å². The van der Waals surface area contributed by atoms with Gasteiger partial charge in [0.15, 0.2) is 0 Å². The molecule has 7 heteroatoms. The van der Waals surface area contributed by atoms with E-state index in [9.17, 15) is 18.0 Å². The minimum absolute atomic E-state index is 0.194. The van der Waals surface area contributed by atoms with Crippen molar-refractivity contribution in [2.75, 3.05) is 4.90 Å². The summed E-state index contributed by atoms with van der Waals surface area (Å²) in [7, 11) is 0. The van der Waals surface area contributed by atoms with Crippen LogP contribution >= 0.6 is 15.9 Å². The molecule has 0 unspecified atom stereocenters. The van der Waals surface area contributed by atoms with Gasteiger partial charge in [-0.3, -0.25) is 4.79 Å². The van der Waals surface area contributed by atoms with Crippen molar-refractivity contribution in [1.29, 1.82) is 0 Å². The minimum atomic E-state index is -4.46. The summed E-state index contributed by atoms with van der Waals surface area (Å²) in [5, 5.41) is 0. The van der Waals surface area contributed by atoms with E-state index in [0.717, 1.165) is 22.2 Å². The normalized spacial score (nSPS) is 21.3. The molecule has 1 amide bonds.